The van der Waals surface area contributed by atoms with Gasteiger partial charge < -0.3 is 4.74 Å². The maximum absolute atomic E-state index is 11.8. The Bertz CT molecular complexity index is 408. The van der Waals surface area contributed by atoms with Crippen molar-refractivity contribution >= 4 is 17.4 Å². The maximum Gasteiger partial charge on any atom is 0.167 e. The highest BCUT2D eigenvalue weighted by Gasteiger charge is 2.31. The molecule has 0 saturated heterocycles. The number of ether oxygens (including phenoxy) is 1. The van der Waals surface area contributed by atoms with E-state index in [9.17, 15) is 4.79 Å². The number of halogens is 1. The van der Waals surface area contributed by atoms with E-state index in [1.807, 2.05) is 19.9 Å². The Hall–Kier alpha value is -1.02. The zero-order valence-corrected chi connectivity index (χ0v) is 10.3. The first-order chi connectivity index (χ1) is 7.58. The summed E-state index contributed by atoms with van der Waals surface area (Å²) in [5, 5.41) is 0.495. The van der Waals surface area contributed by atoms with Crippen molar-refractivity contribution in [2.24, 2.45) is 5.92 Å². The van der Waals surface area contributed by atoms with Crippen LogP contribution in [-0.2, 0) is 0 Å². The van der Waals surface area contributed by atoms with Crippen LogP contribution in [0.25, 0.3) is 0 Å². The lowest BCUT2D eigenvalue weighted by Gasteiger charge is -2.11. The van der Waals surface area contributed by atoms with Gasteiger partial charge >= 0.3 is 0 Å². The molecule has 1 saturated carbocycles. The number of hydrogen-bond donors (Lipinski definition) is 0. The van der Waals surface area contributed by atoms with Crippen molar-refractivity contribution in [2.75, 3.05) is 0 Å². The standard InChI is InChI=1S/C13H15ClO2/c1-8(2)16-10-5-6-11(12(14)7-10)13(15)9-3-4-9/h5-9H,3-4H2,1-2H3. The van der Waals surface area contributed by atoms with Crippen LogP contribution in [0, 0.1) is 5.92 Å². The average molecular weight is 239 g/mol. The molecule has 1 aliphatic carbocycles. The van der Waals surface area contributed by atoms with Gasteiger partial charge in [0.1, 0.15) is 5.75 Å². The number of Topliss-reactive ketones (excluding diaryl/α,β-unsaturated/α-hetero) is 1. The summed E-state index contributed by atoms with van der Waals surface area (Å²) in [5.74, 6) is 1.09. The lowest BCUT2D eigenvalue weighted by molar-refractivity contribution is 0.0968. The molecule has 0 amide bonds. The summed E-state index contributed by atoms with van der Waals surface area (Å²) in [7, 11) is 0. The van der Waals surface area contributed by atoms with Gasteiger partial charge in [-0.15, -0.1) is 0 Å². The van der Waals surface area contributed by atoms with Crippen LogP contribution < -0.4 is 4.74 Å². The fourth-order valence-electron chi connectivity index (χ4n) is 1.61. The molecule has 0 radical (unpaired) electrons. The van der Waals surface area contributed by atoms with Crippen LogP contribution in [0.3, 0.4) is 0 Å². The molecule has 0 aliphatic heterocycles. The van der Waals surface area contributed by atoms with Gasteiger partial charge in [0, 0.05) is 11.5 Å². The zero-order chi connectivity index (χ0) is 11.7. The lowest BCUT2D eigenvalue weighted by atomic mass is 10.1. The molecule has 1 fully saturated rings. The third-order valence-corrected chi connectivity index (χ3v) is 2.84. The van der Waals surface area contributed by atoms with Crippen molar-refractivity contribution in [3.05, 3.63) is 28.8 Å². The summed E-state index contributed by atoms with van der Waals surface area (Å²) in [6, 6.07) is 5.29. The summed E-state index contributed by atoms with van der Waals surface area (Å²) >= 11 is 6.08. The second-order valence-corrected chi connectivity index (χ2v) is 4.85. The van der Waals surface area contributed by atoms with E-state index in [1.165, 1.54) is 0 Å². The van der Waals surface area contributed by atoms with E-state index in [-0.39, 0.29) is 17.8 Å². The van der Waals surface area contributed by atoms with Gasteiger partial charge in [-0.05, 0) is 44.9 Å². The van der Waals surface area contributed by atoms with Crippen LogP contribution in [0.2, 0.25) is 5.02 Å². The SMILES string of the molecule is CC(C)Oc1ccc(C(=O)C2CC2)c(Cl)c1. The summed E-state index contributed by atoms with van der Waals surface area (Å²) in [6.07, 6.45) is 2.11. The van der Waals surface area contributed by atoms with Crippen molar-refractivity contribution in [1.82, 2.24) is 0 Å². The molecule has 1 aliphatic rings. The van der Waals surface area contributed by atoms with Crippen molar-refractivity contribution in [1.29, 1.82) is 0 Å². The van der Waals surface area contributed by atoms with E-state index in [4.69, 9.17) is 16.3 Å². The second kappa shape index (κ2) is 4.46. The van der Waals surface area contributed by atoms with Gasteiger partial charge in [0.15, 0.2) is 5.78 Å². The molecule has 1 aromatic carbocycles. The number of hydrogen-bond acceptors (Lipinski definition) is 2. The number of carbonyl (C=O) groups excluding carboxylic acids is 1. The molecule has 1 aromatic rings. The first kappa shape index (κ1) is 11.5. The molecule has 0 heterocycles. The predicted octanol–water partition coefficient (Wildman–Crippen LogP) is 3.72. The van der Waals surface area contributed by atoms with Gasteiger partial charge in [-0.1, -0.05) is 11.6 Å². The monoisotopic (exact) mass is 238 g/mol. The Balaban J connectivity index is 2.18. The first-order valence-corrected chi connectivity index (χ1v) is 5.96. The van der Waals surface area contributed by atoms with E-state index in [0.29, 0.717) is 16.3 Å². The molecular formula is C13H15ClO2. The minimum atomic E-state index is 0.112. The van der Waals surface area contributed by atoms with E-state index in [2.05, 4.69) is 0 Å². The van der Waals surface area contributed by atoms with Gasteiger partial charge in [-0.2, -0.15) is 0 Å². The largest absolute Gasteiger partial charge is 0.491 e. The molecule has 3 heteroatoms. The topological polar surface area (TPSA) is 26.3 Å². The summed E-state index contributed by atoms with van der Waals surface area (Å²) in [5.41, 5.74) is 0.625. The van der Waals surface area contributed by atoms with Gasteiger partial charge in [0.05, 0.1) is 11.1 Å². The van der Waals surface area contributed by atoms with Crippen LogP contribution >= 0.6 is 11.6 Å². The Labute approximate surface area is 101 Å². The van der Waals surface area contributed by atoms with Crippen LogP contribution in [0.4, 0.5) is 0 Å². The van der Waals surface area contributed by atoms with Crippen LogP contribution in [0.5, 0.6) is 5.75 Å². The Morgan fingerprint density at radius 1 is 1.44 bits per heavy atom. The molecular weight excluding hydrogens is 224 g/mol. The van der Waals surface area contributed by atoms with Gasteiger partial charge in [0.25, 0.3) is 0 Å². The molecule has 0 aromatic heterocycles. The van der Waals surface area contributed by atoms with E-state index in [0.717, 1.165) is 12.8 Å². The van der Waals surface area contributed by atoms with Crippen molar-refractivity contribution in [3.63, 3.8) is 0 Å². The minimum absolute atomic E-state index is 0.112. The molecule has 0 atom stereocenters. The van der Waals surface area contributed by atoms with Gasteiger partial charge in [-0.3, -0.25) is 4.79 Å². The van der Waals surface area contributed by atoms with Crippen LogP contribution in [-0.4, -0.2) is 11.9 Å². The fraction of sp³-hybridized carbons (Fsp3) is 0.462. The van der Waals surface area contributed by atoms with Gasteiger partial charge in [0.2, 0.25) is 0 Å². The highest BCUT2D eigenvalue weighted by molar-refractivity contribution is 6.34. The van der Waals surface area contributed by atoms with E-state index >= 15 is 0 Å². The summed E-state index contributed by atoms with van der Waals surface area (Å²) in [6.45, 7) is 3.91. The molecule has 16 heavy (non-hydrogen) atoms. The first-order valence-electron chi connectivity index (χ1n) is 5.58. The van der Waals surface area contributed by atoms with Gasteiger partial charge in [-0.25, -0.2) is 0 Å². The summed E-state index contributed by atoms with van der Waals surface area (Å²) in [4.78, 5) is 11.8. The van der Waals surface area contributed by atoms with E-state index < -0.39 is 0 Å². The minimum Gasteiger partial charge on any atom is -0.491 e. The molecule has 0 unspecified atom stereocenters. The third kappa shape index (κ3) is 2.56. The predicted molar refractivity (Wildman–Crippen MR) is 64.3 cm³/mol. The highest BCUT2D eigenvalue weighted by Crippen LogP contribution is 2.35. The normalized spacial score (nSPS) is 15.2. The van der Waals surface area contributed by atoms with Crippen molar-refractivity contribution in [2.45, 2.75) is 32.8 Å². The smallest absolute Gasteiger partial charge is 0.167 e. The zero-order valence-electron chi connectivity index (χ0n) is 9.50. The fourth-order valence-corrected chi connectivity index (χ4v) is 1.87. The Morgan fingerprint density at radius 2 is 2.12 bits per heavy atom. The van der Waals surface area contributed by atoms with Crippen LogP contribution in [0.15, 0.2) is 18.2 Å². The highest BCUT2D eigenvalue weighted by atomic mass is 35.5. The molecule has 0 N–H and O–H groups in total. The summed E-state index contributed by atoms with van der Waals surface area (Å²) < 4.78 is 5.51. The average Bonchev–Trinajstić information content (AvgIpc) is 2.99. The molecule has 2 rings (SSSR count). The Kier molecular flexibility index (Phi) is 3.20. The van der Waals surface area contributed by atoms with Crippen molar-refractivity contribution < 1.29 is 9.53 Å². The van der Waals surface area contributed by atoms with Crippen LogP contribution in [0.1, 0.15) is 37.0 Å². The lowest BCUT2D eigenvalue weighted by Crippen LogP contribution is -2.07. The number of carbonyl (C=O) groups is 1. The molecule has 0 bridgehead atoms. The Morgan fingerprint density at radius 3 is 2.62 bits per heavy atom. The molecule has 86 valence electrons. The van der Waals surface area contributed by atoms with Crippen molar-refractivity contribution in [3.8, 4) is 5.75 Å². The second-order valence-electron chi connectivity index (χ2n) is 4.45. The quantitative estimate of drug-likeness (QED) is 0.748. The molecule has 0 spiro atoms. The number of ketones is 1. The maximum atomic E-state index is 11.8. The molecule has 2 nitrogen and oxygen atoms in total. The number of benzene rings is 1. The van der Waals surface area contributed by atoms with E-state index in [1.54, 1.807) is 12.1 Å². The number of rotatable bonds is 4. The third-order valence-electron chi connectivity index (χ3n) is 2.53.